The minimum atomic E-state index is 0.261. The van der Waals surface area contributed by atoms with Gasteiger partial charge in [0.2, 0.25) is 0 Å². The van der Waals surface area contributed by atoms with Crippen molar-refractivity contribution in [3.8, 4) is 0 Å². The lowest BCUT2D eigenvalue weighted by Crippen LogP contribution is -2.13. The molecule has 2 aromatic carbocycles. The number of hydrogen-bond acceptors (Lipinski definition) is 1. The molecule has 1 saturated carbocycles. The van der Waals surface area contributed by atoms with Crippen molar-refractivity contribution in [2.24, 2.45) is 11.8 Å². The van der Waals surface area contributed by atoms with E-state index in [9.17, 15) is 5.11 Å². The number of aliphatic hydroxyl groups excluding tert-OH is 1. The first-order valence-corrected chi connectivity index (χ1v) is 7.56. The standard InChI is InChI=1S/C18H19ClO/c19-16-8-6-13(7-9-16)10-15(12-20)18-11-17(18)14-4-2-1-3-5-14/h1-9,15,17-18,20H,10-12H2. The summed E-state index contributed by atoms with van der Waals surface area (Å²) in [5, 5.41) is 10.5. The fraction of sp³-hybridized carbons (Fsp3) is 0.333. The zero-order valence-corrected chi connectivity index (χ0v) is 12.1. The lowest BCUT2D eigenvalue weighted by Gasteiger charge is -2.14. The largest absolute Gasteiger partial charge is 0.396 e. The highest BCUT2D eigenvalue weighted by Gasteiger charge is 2.43. The van der Waals surface area contributed by atoms with Crippen molar-refractivity contribution in [3.05, 3.63) is 70.7 Å². The second-order valence-corrected chi connectivity index (χ2v) is 6.13. The van der Waals surface area contributed by atoms with Gasteiger partial charge in [0.05, 0.1) is 0 Å². The Balaban J connectivity index is 1.65. The van der Waals surface area contributed by atoms with E-state index in [0.29, 0.717) is 17.8 Å². The molecule has 3 rings (SSSR count). The van der Waals surface area contributed by atoms with E-state index in [1.165, 1.54) is 17.5 Å². The van der Waals surface area contributed by atoms with Crippen LogP contribution in [0.15, 0.2) is 54.6 Å². The smallest absolute Gasteiger partial charge is 0.0465 e. The van der Waals surface area contributed by atoms with Gasteiger partial charge in [0.1, 0.15) is 0 Å². The van der Waals surface area contributed by atoms with E-state index in [1.807, 2.05) is 12.1 Å². The molecule has 3 atom stereocenters. The molecular formula is C18H19ClO. The molecule has 0 aliphatic heterocycles. The third-order valence-corrected chi connectivity index (χ3v) is 4.57. The van der Waals surface area contributed by atoms with Gasteiger partial charge in [-0.05, 0) is 53.9 Å². The molecule has 2 heteroatoms. The van der Waals surface area contributed by atoms with Crippen molar-refractivity contribution in [3.63, 3.8) is 0 Å². The molecule has 1 aliphatic carbocycles. The van der Waals surface area contributed by atoms with Gasteiger partial charge in [-0.3, -0.25) is 0 Å². The fourth-order valence-corrected chi connectivity index (χ4v) is 3.22. The van der Waals surface area contributed by atoms with E-state index >= 15 is 0 Å². The maximum Gasteiger partial charge on any atom is 0.0465 e. The highest BCUT2D eigenvalue weighted by molar-refractivity contribution is 6.30. The maximum absolute atomic E-state index is 9.69. The number of rotatable bonds is 5. The molecule has 1 fully saturated rings. The third kappa shape index (κ3) is 3.05. The van der Waals surface area contributed by atoms with Crippen molar-refractivity contribution >= 4 is 11.6 Å². The summed E-state index contributed by atoms with van der Waals surface area (Å²) in [7, 11) is 0. The van der Waals surface area contributed by atoms with Crippen molar-refractivity contribution < 1.29 is 5.11 Å². The van der Waals surface area contributed by atoms with E-state index in [1.54, 1.807) is 0 Å². The monoisotopic (exact) mass is 286 g/mol. The molecule has 3 unspecified atom stereocenters. The first kappa shape index (κ1) is 13.7. The van der Waals surface area contributed by atoms with Crippen molar-refractivity contribution in [1.29, 1.82) is 0 Å². The Hall–Kier alpha value is -1.31. The van der Waals surface area contributed by atoms with Crippen LogP contribution in [0, 0.1) is 11.8 Å². The van der Waals surface area contributed by atoms with Crippen LogP contribution in [0.1, 0.15) is 23.5 Å². The Kier molecular flexibility index (Phi) is 4.09. The molecule has 1 N–H and O–H groups in total. The molecular weight excluding hydrogens is 268 g/mol. The van der Waals surface area contributed by atoms with E-state index in [0.717, 1.165) is 11.4 Å². The van der Waals surface area contributed by atoms with Crippen molar-refractivity contribution in [1.82, 2.24) is 0 Å². The molecule has 0 radical (unpaired) electrons. The van der Waals surface area contributed by atoms with Crippen LogP contribution in [0.3, 0.4) is 0 Å². The zero-order valence-electron chi connectivity index (χ0n) is 11.4. The quantitative estimate of drug-likeness (QED) is 0.869. The molecule has 0 aromatic heterocycles. The summed E-state index contributed by atoms with van der Waals surface area (Å²) >= 11 is 5.91. The molecule has 104 valence electrons. The molecule has 0 saturated heterocycles. The van der Waals surface area contributed by atoms with Gasteiger partial charge in [0.15, 0.2) is 0 Å². The Morgan fingerprint density at radius 1 is 1.05 bits per heavy atom. The topological polar surface area (TPSA) is 20.2 Å². The van der Waals surface area contributed by atoms with E-state index in [-0.39, 0.29) is 6.61 Å². The van der Waals surface area contributed by atoms with E-state index < -0.39 is 0 Å². The van der Waals surface area contributed by atoms with Crippen molar-refractivity contribution in [2.75, 3.05) is 6.61 Å². The van der Waals surface area contributed by atoms with Crippen LogP contribution in [0.4, 0.5) is 0 Å². The normalized spacial score (nSPS) is 22.5. The number of benzene rings is 2. The lowest BCUT2D eigenvalue weighted by atomic mass is 9.93. The summed E-state index contributed by atoms with van der Waals surface area (Å²) in [6.07, 6.45) is 2.13. The van der Waals surface area contributed by atoms with Crippen molar-refractivity contribution in [2.45, 2.75) is 18.8 Å². The number of halogens is 1. The van der Waals surface area contributed by atoms with Gasteiger partial charge >= 0.3 is 0 Å². The van der Waals surface area contributed by atoms with Crippen LogP contribution >= 0.6 is 11.6 Å². The summed E-state index contributed by atoms with van der Waals surface area (Å²) in [6, 6.07) is 18.6. The second-order valence-electron chi connectivity index (χ2n) is 5.69. The maximum atomic E-state index is 9.69. The summed E-state index contributed by atoms with van der Waals surface area (Å²) < 4.78 is 0. The van der Waals surface area contributed by atoms with Crippen LogP contribution in [-0.2, 0) is 6.42 Å². The minimum Gasteiger partial charge on any atom is -0.396 e. The highest BCUT2D eigenvalue weighted by Crippen LogP contribution is 2.52. The van der Waals surface area contributed by atoms with Gasteiger partial charge in [-0.25, -0.2) is 0 Å². The van der Waals surface area contributed by atoms with E-state index in [4.69, 9.17) is 11.6 Å². The third-order valence-electron chi connectivity index (χ3n) is 4.32. The second kappa shape index (κ2) is 5.99. The summed E-state index contributed by atoms with van der Waals surface area (Å²) in [5.74, 6) is 1.58. The first-order chi connectivity index (χ1) is 9.78. The Labute approximate surface area is 125 Å². The lowest BCUT2D eigenvalue weighted by molar-refractivity contribution is 0.207. The zero-order chi connectivity index (χ0) is 13.9. The van der Waals surface area contributed by atoms with Gasteiger partial charge < -0.3 is 5.11 Å². The summed E-state index contributed by atoms with van der Waals surface area (Å²) in [6.45, 7) is 0.261. The average molecular weight is 287 g/mol. The summed E-state index contributed by atoms with van der Waals surface area (Å²) in [5.41, 5.74) is 2.67. The summed E-state index contributed by atoms with van der Waals surface area (Å²) in [4.78, 5) is 0. The van der Waals surface area contributed by atoms with Crippen LogP contribution < -0.4 is 0 Å². The van der Waals surface area contributed by atoms with Gasteiger partial charge in [-0.15, -0.1) is 0 Å². The van der Waals surface area contributed by atoms with Gasteiger partial charge in [0, 0.05) is 11.6 Å². The average Bonchev–Trinajstić information content (AvgIpc) is 3.28. The first-order valence-electron chi connectivity index (χ1n) is 7.18. The van der Waals surface area contributed by atoms with Crippen LogP contribution in [0.2, 0.25) is 5.02 Å². The van der Waals surface area contributed by atoms with Crippen LogP contribution in [0.5, 0.6) is 0 Å². The van der Waals surface area contributed by atoms with Gasteiger partial charge in [0.25, 0.3) is 0 Å². The van der Waals surface area contributed by atoms with Crippen LogP contribution in [-0.4, -0.2) is 11.7 Å². The number of aliphatic hydroxyl groups is 1. The predicted octanol–water partition coefficient (Wildman–Crippen LogP) is 4.29. The number of hydrogen-bond donors (Lipinski definition) is 1. The Morgan fingerprint density at radius 2 is 1.75 bits per heavy atom. The molecule has 0 heterocycles. The Bertz CT molecular complexity index is 549. The molecule has 2 aromatic rings. The molecule has 20 heavy (non-hydrogen) atoms. The molecule has 0 spiro atoms. The van der Waals surface area contributed by atoms with Gasteiger partial charge in [-0.2, -0.15) is 0 Å². The van der Waals surface area contributed by atoms with Crippen LogP contribution in [0.25, 0.3) is 0 Å². The molecule has 0 amide bonds. The molecule has 0 bridgehead atoms. The molecule has 1 nitrogen and oxygen atoms in total. The minimum absolute atomic E-state index is 0.261. The Morgan fingerprint density at radius 3 is 2.40 bits per heavy atom. The fourth-order valence-electron chi connectivity index (χ4n) is 3.09. The SMILES string of the molecule is OCC(Cc1ccc(Cl)cc1)C1CC1c1ccccc1. The predicted molar refractivity (Wildman–Crippen MR) is 83.0 cm³/mol. The van der Waals surface area contributed by atoms with E-state index in [2.05, 4.69) is 42.5 Å². The molecule has 1 aliphatic rings. The highest BCUT2D eigenvalue weighted by atomic mass is 35.5. The van der Waals surface area contributed by atoms with Gasteiger partial charge in [-0.1, -0.05) is 54.1 Å².